The molecule has 6 nitrogen and oxygen atoms in total. The largest absolute Gasteiger partial charge is 0.468 e. The molecule has 3 aromatic rings. The van der Waals surface area contributed by atoms with Gasteiger partial charge < -0.3 is 9.32 Å². The summed E-state index contributed by atoms with van der Waals surface area (Å²) in [4.78, 5) is 16.8. The molecule has 6 heteroatoms. The Labute approximate surface area is 171 Å². The number of benzene rings is 1. The number of carbonyl (C=O) groups is 1. The first-order chi connectivity index (χ1) is 14.0. The van der Waals surface area contributed by atoms with Crippen LogP contribution in [0, 0.1) is 0 Å². The zero-order valence-corrected chi connectivity index (χ0v) is 17.3. The minimum Gasteiger partial charge on any atom is -0.468 e. The average Bonchev–Trinajstić information content (AvgIpc) is 3.36. The van der Waals surface area contributed by atoms with Crippen molar-refractivity contribution in [1.29, 1.82) is 0 Å². The lowest BCUT2D eigenvalue weighted by Crippen LogP contribution is -2.37. The number of amides is 1. The summed E-state index contributed by atoms with van der Waals surface area (Å²) in [6, 6.07) is 14.6. The van der Waals surface area contributed by atoms with E-state index in [1.165, 1.54) is 11.3 Å². The van der Waals surface area contributed by atoms with Gasteiger partial charge in [-0.2, -0.15) is 5.10 Å². The summed E-state index contributed by atoms with van der Waals surface area (Å²) in [6.07, 6.45) is 4.50. The molecule has 0 saturated carbocycles. The fraction of sp³-hybridized carbons (Fsp3) is 0.391. The van der Waals surface area contributed by atoms with Crippen molar-refractivity contribution in [2.24, 2.45) is 0 Å². The number of rotatable bonds is 6. The molecule has 1 atom stereocenters. The van der Waals surface area contributed by atoms with Crippen molar-refractivity contribution in [3.63, 3.8) is 0 Å². The summed E-state index contributed by atoms with van der Waals surface area (Å²) in [7, 11) is 5.70. The van der Waals surface area contributed by atoms with Crippen molar-refractivity contribution in [3.05, 3.63) is 77.0 Å². The van der Waals surface area contributed by atoms with E-state index in [0.717, 1.165) is 37.1 Å². The molecule has 0 radical (unpaired) electrons. The lowest BCUT2D eigenvalue weighted by molar-refractivity contribution is 0.0819. The molecule has 1 aromatic carbocycles. The number of likely N-dealkylation sites (N-methyl/N-ethyl adjacent to an activating group) is 1. The van der Waals surface area contributed by atoms with E-state index in [-0.39, 0.29) is 5.91 Å². The Hall–Kier alpha value is -2.86. The average molecular weight is 393 g/mol. The maximum atomic E-state index is 12.8. The van der Waals surface area contributed by atoms with Gasteiger partial charge >= 0.3 is 0 Å². The van der Waals surface area contributed by atoms with Gasteiger partial charge in [-0.1, -0.05) is 30.3 Å². The van der Waals surface area contributed by atoms with Crippen LogP contribution in [0.4, 0.5) is 0 Å². The molecule has 29 heavy (non-hydrogen) atoms. The van der Waals surface area contributed by atoms with Gasteiger partial charge in [0.05, 0.1) is 19.4 Å². The maximum Gasteiger partial charge on any atom is 0.274 e. The molecule has 0 fully saturated rings. The van der Waals surface area contributed by atoms with Gasteiger partial charge in [-0.25, -0.2) is 0 Å². The monoisotopic (exact) mass is 392 g/mol. The first-order valence-electron chi connectivity index (χ1n) is 10.1. The predicted octanol–water partition coefficient (Wildman–Crippen LogP) is 3.22. The summed E-state index contributed by atoms with van der Waals surface area (Å²) in [5.74, 6) is 0.935. The van der Waals surface area contributed by atoms with Gasteiger partial charge in [0.15, 0.2) is 5.69 Å². The normalized spacial score (nSPS) is 16.1. The fourth-order valence-electron chi connectivity index (χ4n) is 4.09. The van der Waals surface area contributed by atoms with E-state index >= 15 is 0 Å². The second kappa shape index (κ2) is 8.25. The van der Waals surface area contributed by atoms with Crippen LogP contribution in [0.25, 0.3) is 0 Å². The second-order valence-electron chi connectivity index (χ2n) is 8.01. The molecule has 1 aliphatic rings. The van der Waals surface area contributed by atoms with Crippen molar-refractivity contribution in [2.75, 3.05) is 21.1 Å². The number of fused-ring (bicyclic) bond motifs is 1. The molecule has 2 heterocycles. The highest BCUT2D eigenvalue weighted by atomic mass is 16.3. The van der Waals surface area contributed by atoms with Crippen LogP contribution in [0.2, 0.25) is 0 Å². The maximum absolute atomic E-state index is 12.8. The molecule has 1 amide bonds. The predicted molar refractivity (Wildman–Crippen MR) is 112 cm³/mol. The van der Waals surface area contributed by atoms with E-state index in [1.54, 1.807) is 25.3 Å². The van der Waals surface area contributed by atoms with Gasteiger partial charge in [0, 0.05) is 31.4 Å². The third kappa shape index (κ3) is 4.12. The van der Waals surface area contributed by atoms with Crippen LogP contribution in [0.5, 0.6) is 0 Å². The van der Waals surface area contributed by atoms with Crippen LogP contribution in [-0.2, 0) is 25.9 Å². The number of furan rings is 1. The van der Waals surface area contributed by atoms with Crippen molar-refractivity contribution < 1.29 is 9.21 Å². The van der Waals surface area contributed by atoms with Crippen LogP contribution < -0.4 is 0 Å². The molecule has 0 saturated heterocycles. The molecule has 0 aliphatic heterocycles. The van der Waals surface area contributed by atoms with E-state index < -0.39 is 0 Å². The highest BCUT2D eigenvalue weighted by Gasteiger charge is 2.31. The second-order valence-corrected chi connectivity index (χ2v) is 8.01. The topological polar surface area (TPSA) is 54.5 Å². The Kier molecular flexibility index (Phi) is 5.53. The molecular weight excluding hydrogens is 364 g/mol. The third-order valence-corrected chi connectivity index (χ3v) is 5.71. The Morgan fingerprint density at radius 2 is 1.97 bits per heavy atom. The number of carbonyl (C=O) groups excluding carboxylic acids is 1. The molecule has 0 N–H and O–H groups in total. The zero-order valence-electron chi connectivity index (χ0n) is 17.3. The van der Waals surface area contributed by atoms with Crippen LogP contribution in [0.1, 0.15) is 39.5 Å². The van der Waals surface area contributed by atoms with E-state index in [2.05, 4.69) is 24.1 Å². The van der Waals surface area contributed by atoms with Gasteiger partial charge in [0.2, 0.25) is 0 Å². The molecule has 0 spiro atoms. The van der Waals surface area contributed by atoms with Crippen LogP contribution in [-0.4, -0.2) is 52.7 Å². The highest BCUT2D eigenvalue weighted by Crippen LogP contribution is 2.29. The first-order valence-corrected chi connectivity index (χ1v) is 10.1. The quantitative estimate of drug-likeness (QED) is 0.646. The van der Waals surface area contributed by atoms with Crippen LogP contribution >= 0.6 is 0 Å². The van der Waals surface area contributed by atoms with Crippen LogP contribution in [0.15, 0.2) is 53.1 Å². The molecule has 4 rings (SSSR count). The Balaban J connectivity index is 1.61. The standard InChI is InChI=1S/C23H28N4O2/c1-25(2)23(28)22-20-14-18(26(3)16-19-10-7-13-29-19)11-12-21(20)27(24-22)15-17-8-5-4-6-9-17/h4-10,13,18H,11-12,14-16H2,1-3H3. The lowest BCUT2D eigenvalue weighted by atomic mass is 9.90. The molecular formula is C23H28N4O2. The van der Waals surface area contributed by atoms with Gasteiger partial charge in [-0.05, 0) is 44.0 Å². The van der Waals surface area contributed by atoms with Crippen LogP contribution in [0.3, 0.4) is 0 Å². The van der Waals surface area contributed by atoms with E-state index in [9.17, 15) is 4.79 Å². The van der Waals surface area contributed by atoms with E-state index in [0.29, 0.717) is 18.3 Å². The van der Waals surface area contributed by atoms with Crippen molar-refractivity contribution in [2.45, 2.75) is 38.4 Å². The number of hydrogen-bond donors (Lipinski definition) is 0. The van der Waals surface area contributed by atoms with Crippen molar-refractivity contribution in [3.8, 4) is 0 Å². The third-order valence-electron chi connectivity index (χ3n) is 5.71. The number of hydrogen-bond acceptors (Lipinski definition) is 4. The highest BCUT2D eigenvalue weighted by molar-refractivity contribution is 5.93. The SMILES string of the molecule is CN(C)C(=O)c1nn(Cc2ccccc2)c2c1CC(N(C)Cc1ccco1)CC2. The minimum atomic E-state index is -0.0256. The Bertz CT molecular complexity index is 960. The minimum absolute atomic E-state index is 0.0256. The molecule has 0 bridgehead atoms. The smallest absolute Gasteiger partial charge is 0.274 e. The summed E-state index contributed by atoms with van der Waals surface area (Å²) in [5, 5.41) is 4.77. The number of nitrogens with zero attached hydrogens (tertiary/aromatic N) is 4. The fourth-order valence-corrected chi connectivity index (χ4v) is 4.09. The molecule has 1 unspecified atom stereocenters. The summed E-state index contributed by atoms with van der Waals surface area (Å²) in [6.45, 7) is 1.46. The molecule has 1 aliphatic carbocycles. The van der Waals surface area contributed by atoms with Gasteiger partial charge in [-0.15, -0.1) is 0 Å². The van der Waals surface area contributed by atoms with Gasteiger partial charge in [-0.3, -0.25) is 14.4 Å². The first kappa shape index (κ1) is 19.5. The van der Waals surface area contributed by atoms with Crippen molar-refractivity contribution >= 4 is 5.91 Å². The summed E-state index contributed by atoms with van der Waals surface area (Å²) in [5.41, 5.74) is 4.08. The number of aromatic nitrogens is 2. The van der Waals surface area contributed by atoms with Gasteiger partial charge in [0.1, 0.15) is 5.76 Å². The van der Waals surface area contributed by atoms with E-state index in [1.807, 2.05) is 35.0 Å². The summed E-state index contributed by atoms with van der Waals surface area (Å²) >= 11 is 0. The van der Waals surface area contributed by atoms with Gasteiger partial charge in [0.25, 0.3) is 5.91 Å². The molecule has 152 valence electrons. The summed E-state index contributed by atoms with van der Waals surface area (Å²) < 4.78 is 7.54. The Morgan fingerprint density at radius 1 is 1.17 bits per heavy atom. The lowest BCUT2D eigenvalue weighted by Gasteiger charge is -2.31. The van der Waals surface area contributed by atoms with E-state index in [4.69, 9.17) is 9.52 Å². The molecule has 2 aromatic heterocycles. The Morgan fingerprint density at radius 3 is 2.66 bits per heavy atom. The van der Waals surface area contributed by atoms with Crippen molar-refractivity contribution in [1.82, 2.24) is 19.6 Å². The zero-order chi connectivity index (χ0) is 20.4.